The molecule has 0 N–H and O–H groups in total. The topological polar surface area (TPSA) is 12.5 Å². The van der Waals surface area contributed by atoms with Crippen LogP contribution in [0.3, 0.4) is 0 Å². The summed E-state index contributed by atoms with van der Waals surface area (Å²) in [7, 11) is 0.605. The second kappa shape index (κ2) is 8.35. The molecule has 3 rings (SSSR count). The van der Waals surface area contributed by atoms with Gasteiger partial charge < -0.3 is 9.47 Å². The highest BCUT2D eigenvalue weighted by Gasteiger charge is 2.42. The Labute approximate surface area is 167 Å². The average molecular weight is 390 g/mol. The summed E-state index contributed by atoms with van der Waals surface area (Å²) < 4.78 is 5.84. The Bertz CT molecular complexity index is 729. The zero-order valence-corrected chi connectivity index (χ0v) is 17.3. The number of piperidine rings is 1. The Morgan fingerprint density at radius 1 is 1.00 bits per heavy atom. The third-order valence-electron chi connectivity index (χ3n) is 5.51. The number of benzene rings is 2. The van der Waals surface area contributed by atoms with E-state index in [-0.39, 0.29) is 5.54 Å². The lowest BCUT2D eigenvalue weighted by atomic mass is 9.72. The normalized spacial score (nSPS) is 17.3. The molecular formula is C21H26BCl2NO. The fourth-order valence-electron chi connectivity index (χ4n) is 3.93. The minimum atomic E-state index is -0.262. The molecule has 1 aliphatic heterocycles. The van der Waals surface area contributed by atoms with E-state index in [0.29, 0.717) is 14.2 Å². The van der Waals surface area contributed by atoms with E-state index in [9.17, 15) is 0 Å². The van der Waals surface area contributed by atoms with E-state index in [0.717, 1.165) is 34.1 Å². The van der Waals surface area contributed by atoms with Gasteiger partial charge in [0.05, 0.1) is 5.54 Å². The van der Waals surface area contributed by atoms with Gasteiger partial charge in [-0.15, -0.1) is 0 Å². The molecule has 26 heavy (non-hydrogen) atoms. The van der Waals surface area contributed by atoms with Crippen molar-refractivity contribution in [1.29, 1.82) is 0 Å². The van der Waals surface area contributed by atoms with Crippen LogP contribution in [0.25, 0.3) is 0 Å². The predicted octanol–water partition coefficient (Wildman–Crippen LogP) is 5.64. The molecule has 0 amide bonds. The molecule has 0 atom stereocenters. The largest absolute Gasteiger partial charge is 0.424 e. The molecule has 1 saturated heterocycles. The Morgan fingerprint density at radius 3 is 2.08 bits per heavy atom. The highest BCUT2D eigenvalue weighted by molar-refractivity contribution is 6.31. The van der Waals surface area contributed by atoms with Crippen molar-refractivity contribution in [2.24, 2.45) is 0 Å². The van der Waals surface area contributed by atoms with Gasteiger partial charge in [0, 0.05) is 16.7 Å². The van der Waals surface area contributed by atoms with Crippen LogP contribution in [0, 0.1) is 13.8 Å². The molecule has 1 aliphatic rings. The fraction of sp³-hybridized carbons (Fsp3) is 0.429. The number of hydrogen-bond acceptors (Lipinski definition) is 2. The summed E-state index contributed by atoms with van der Waals surface area (Å²) in [6.07, 6.45) is 3.37. The first-order valence-electron chi connectivity index (χ1n) is 9.35. The molecule has 2 aromatic rings. The predicted molar refractivity (Wildman–Crippen MR) is 112 cm³/mol. The first-order chi connectivity index (χ1) is 12.5. The first kappa shape index (κ1) is 19.8. The van der Waals surface area contributed by atoms with E-state index >= 15 is 0 Å². The highest BCUT2D eigenvalue weighted by Crippen LogP contribution is 2.44. The third-order valence-corrected chi connectivity index (χ3v) is 6.32. The van der Waals surface area contributed by atoms with Gasteiger partial charge in [-0.3, -0.25) is 0 Å². The fourth-order valence-corrected chi connectivity index (χ4v) is 4.29. The lowest BCUT2D eigenvalue weighted by Crippen LogP contribution is -2.52. The van der Waals surface area contributed by atoms with Crippen LogP contribution in [0.4, 0.5) is 0 Å². The smallest absolute Gasteiger partial charge is 0.364 e. The molecule has 0 bridgehead atoms. The van der Waals surface area contributed by atoms with E-state index in [2.05, 4.69) is 41.2 Å². The van der Waals surface area contributed by atoms with Crippen LogP contribution in [-0.2, 0) is 10.2 Å². The summed E-state index contributed by atoms with van der Waals surface area (Å²) in [6, 6.07) is 12.9. The zero-order chi connectivity index (χ0) is 18.7. The molecule has 0 aromatic heterocycles. The van der Waals surface area contributed by atoms with Crippen LogP contribution in [0.2, 0.25) is 10.0 Å². The van der Waals surface area contributed by atoms with E-state index in [4.69, 9.17) is 27.9 Å². The van der Waals surface area contributed by atoms with Gasteiger partial charge in [-0.25, -0.2) is 0 Å². The Morgan fingerprint density at radius 2 is 1.58 bits per heavy atom. The van der Waals surface area contributed by atoms with Gasteiger partial charge in [0.2, 0.25) is 0 Å². The van der Waals surface area contributed by atoms with Crippen molar-refractivity contribution >= 4 is 30.8 Å². The summed E-state index contributed by atoms with van der Waals surface area (Å²) in [5, 5.41) is 1.61. The van der Waals surface area contributed by atoms with Crippen molar-refractivity contribution in [3.05, 3.63) is 68.7 Å². The van der Waals surface area contributed by atoms with Crippen LogP contribution < -0.4 is 0 Å². The second-order valence-electron chi connectivity index (χ2n) is 7.13. The van der Waals surface area contributed by atoms with Crippen LogP contribution in [-0.4, -0.2) is 25.6 Å². The van der Waals surface area contributed by atoms with Crippen molar-refractivity contribution < 1.29 is 4.65 Å². The summed E-state index contributed by atoms with van der Waals surface area (Å²) >= 11 is 13.0. The molecule has 1 fully saturated rings. The van der Waals surface area contributed by atoms with E-state index in [1.54, 1.807) is 0 Å². The molecule has 138 valence electrons. The van der Waals surface area contributed by atoms with Crippen molar-refractivity contribution in [2.45, 2.75) is 45.6 Å². The lowest BCUT2D eigenvalue weighted by molar-refractivity contribution is 0.143. The standard InChI is InChI=1S/C21H26BCl2NO/c1-4-26-22-25-12-6-5-11-21(25,17-9-7-15(2)19(23)13-17)18-10-8-16(3)20(24)14-18/h7-10,13-14,22H,4-6,11-12H2,1-3H3. The van der Waals surface area contributed by atoms with Gasteiger partial charge in [0.25, 0.3) is 0 Å². The van der Waals surface area contributed by atoms with E-state index in [1.165, 1.54) is 24.0 Å². The molecular weight excluding hydrogens is 364 g/mol. The minimum Gasteiger partial charge on any atom is -0.424 e. The second-order valence-corrected chi connectivity index (χ2v) is 7.95. The molecule has 0 saturated carbocycles. The van der Waals surface area contributed by atoms with Crippen LogP contribution in [0.5, 0.6) is 0 Å². The molecule has 2 nitrogen and oxygen atoms in total. The summed E-state index contributed by atoms with van der Waals surface area (Å²) in [6.45, 7) is 7.82. The van der Waals surface area contributed by atoms with Gasteiger partial charge >= 0.3 is 7.62 Å². The number of halogens is 2. The number of hydrogen-bond donors (Lipinski definition) is 0. The summed E-state index contributed by atoms with van der Waals surface area (Å²) in [5.74, 6) is 0. The molecule has 0 spiro atoms. The van der Waals surface area contributed by atoms with Crippen LogP contribution in [0.15, 0.2) is 36.4 Å². The minimum absolute atomic E-state index is 0.262. The number of nitrogens with zero attached hydrogens (tertiary/aromatic N) is 1. The van der Waals surface area contributed by atoms with Crippen molar-refractivity contribution in [2.75, 3.05) is 13.2 Å². The molecule has 0 radical (unpaired) electrons. The summed E-state index contributed by atoms with van der Waals surface area (Å²) in [5.41, 5.74) is 4.36. The number of aryl methyl sites for hydroxylation is 2. The Hall–Kier alpha value is -0.995. The maximum absolute atomic E-state index is 6.52. The van der Waals surface area contributed by atoms with Crippen molar-refractivity contribution in [1.82, 2.24) is 4.81 Å². The van der Waals surface area contributed by atoms with Crippen LogP contribution in [0.1, 0.15) is 48.4 Å². The molecule has 0 unspecified atom stereocenters. The maximum atomic E-state index is 6.52. The van der Waals surface area contributed by atoms with Crippen molar-refractivity contribution in [3.8, 4) is 0 Å². The van der Waals surface area contributed by atoms with Gasteiger partial charge in [-0.05, 0) is 81.0 Å². The lowest BCUT2D eigenvalue weighted by Gasteiger charge is -2.48. The maximum Gasteiger partial charge on any atom is 0.364 e. The van der Waals surface area contributed by atoms with Gasteiger partial charge in [0.15, 0.2) is 0 Å². The van der Waals surface area contributed by atoms with Gasteiger partial charge in [0.1, 0.15) is 0 Å². The summed E-state index contributed by atoms with van der Waals surface area (Å²) in [4.78, 5) is 2.45. The highest BCUT2D eigenvalue weighted by atomic mass is 35.5. The quantitative estimate of drug-likeness (QED) is 0.613. The molecule has 2 aromatic carbocycles. The number of rotatable bonds is 5. The van der Waals surface area contributed by atoms with Crippen molar-refractivity contribution in [3.63, 3.8) is 0 Å². The first-order valence-corrected chi connectivity index (χ1v) is 10.1. The SMILES string of the molecule is CCOBN1CCCCC1(c1ccc(C)c(Cl)c1)c1ccc(C)c(Cl)c1. The van der Waals surface area contributed by atoms with E-state index in [1.807, 2.05) is 20.8 Å². The van der Waals surface area contributed by atoms with Crippen LogP contribution >= 0.6 is 23.2 Å². The average Bonchev–Trinajstić information content (AvgIpc) is 2.64. The monoisotopic (exact) mass is 389 g/mol. The molecule has 0 aliphatic carbocycles. The Kier molecular flexibility index (Phi) is 6.35. The van der Waals surface area contributed by atoms with Gasteiger partial charge in [-0.1, -0.05) is 47.5 Å². The molecule has 5 heteroatoms. The molecule has 1 heterocycles. The third kappa shape index (κ3) is 3.68. The Balaban J connectivity index is 2.18. The zero-order valence-electron chi connectivity index (χ0n) is 15.8. The van der Waals surface area contributed by atoms with Gasteiger partial charge in [-0.2, -0.15) is 0 Å². The van der Waals surface area contributed by atoms with E-state index < -0.39 is 0 Å².